The van der Waals surface area contributed by atoms with Crippen molar-refractivity contribution in [1.29, 1.82) is 0 Å². The summed E-state index contributed by atoms with van der Waals surface area (Å²) in [4.78, 5) is 16.9. The molecule has 1 saturated heterocycles. The Morgan fingerprint density at radius 3 is 2.56 bits per heavy atom. The summed E-state index contributed by atoms with van der Waals surface area (Å²) in [7, 11) is 1.99. The Bertz CT molecular complexity index is 253. The molecule has 1 heterocycles. The van der Waals surface area contributed by atoms with Gasteiger partial charge in [0.15, 0.2) is 0 Å². The Morgan fingerprint density at radius 1 is 1.39 bits per heavy atom. The van der Waals surface area contributed by atoms with E-state index in [1.54, 1.807) is 0 Å². The smallest absolute Gasteiger partial charge is 0.239 e. The van der Waals surface area contributed by atoms with Crippen LogP contribution in [0.1, 0.15) is 40.0 Å². The van der Waals surface area contributed by atoms with Crippen LogP contribution >= 0.6 is 0 Å². The first-order chi connectivity index (χ1) is 8.67. The predicted molar refractivity (Wildman–Crippen MR) is 75.7 cm³/mol. The van der Waals surface area contributed by atoms with Gasteiger partial charge in [-0.15, -0.1) is 0 Å². The topological polar surface area (TPSA) is 35.6 Å². The summed E-state index contributed by atoms with van der Waals surface area (Å²) in [5.74, 6) is 0.321. The summed E-state index contributed by atoms with van der Waals surface area (Å²) in [5.41, 5.74) is 0. The SMILES string of the molecule is CCC(C(=O)N1CCCC(NC)C1)N(CC)CC. The average Bonchev–Trinajstić information content (AvgIpc) is 2.44. The Kier molecular flexibility index (Phi) is 6.65. The maximum Gasteiger partial charge on any atom is 0.239 e. The lowest BCUT2D eigenvalue weighted by Crippen LogP contribution is -2.53. The zero-order valence-corrected chi connectivity index (χ0v) is 12.4. The van der Waals surface area contributed by atoms with Crippen molar-refractivity contribution >= 4 is 5.91 Å². The van der Waals surface area contributed by atoms with Crippen LogP contribution in [0.4, 0.5) is 0 Å². The number of likely N-dealkylation sites (N-methyl/N-ethyl adjacent to an activating group) is 2. The number of carbonyl (C=O) groups is 1. The lowest BCUT2D eigenvalue weighted by Gasteiger charge is -2.37. The molecule has 1 aliphatic rings. The third-order valence-corrected chi connectivity index (χ3v) is 4.07. The van der Waals surface area contributed by atoms with Crippen LogP contribution < -0.4 is 5.32 Å². The number of hydrogen-bond donors (Lipinski definition) is 1. The van der Waals surface area contributed by atoms with Gasteiger partial charge in [-0.2, -0.15) is 0 Å². The molecule has 0 spiro atoms. The fourth-order valence-electron chi connectivity index (χ4n) is 2.88. The molecule has 0 aromatic carbocycles. The quantitative estimate of drug-likeness (QED) is 0.777. The molecule has 1 rings (SSSR count). The molecule has 0 bridgehead atoms. The van der Waals surface area contributed by atoms with Gasteiger partial charge in [0.25, 0.3) is 0 Å². The molecule has 0 saturated carbocycles. The minimum absolute atomic E-state index is 0.0654. The van der Waals surface area contributed by atoms with E-state index in [1.807, 2.05) is 7.05 Å². The number of carbonyl (C=O) groups excluding carboxylic acids is 1. The van der Waals surface area contributed by atoms with Crippen LogP contribution in [0.25, 0.3) is 0 Å². The van der Waals surface area contributed by atoms with E-state index in [0.29, 0.717) is 11.9 Å². The maximum atomic E-state index is 12.6. The monoisotopic (exact) mass is 255 g/mol. The molecule has 1 N–H and O–H groups in total. The Balaban J connectivity index is 2.65. The first kappa shape index (κ1) is 15.4. The van der Waals surface area contributed by atoms with Gasteiger partial charge in [0.05, 0.1) is 6.04 Å². The second kappa shape index (κ2) is 7.74. The lowest BCUT2D eigenvalue weighted by atomic mass is 10.0. The lowest BCUT2D eigenvalue weighted by molar-refractivity contribution is -0.138. The summed E-state index contributed by atoms with van der Waals surface area (Å²) >= 11 is 0. The average molecular weight is 255 g/mol. The molecule has 1 aliphatic heterocycles. The van der Waals surface area contributed by atoms with Crippen molar-refractivity contribution in [2.45, 2.75) is 52.1 Å². The molecule has 2 atom stereocenters. The van der Waals surface area contributed by atoms with Crippen molar-refractivity contribution in [3.63, 3.8) is 0 Å². The van der Waals surface area contributed by atoms with Gasteiger partial charge >= 0.3 is 0 Å². The van der Waals surface area contributed by atoms with Gasteiger partial charge in [-0.3, -0.25) is 9.69 Å². The third kappa shape index (κ3) is 3.69. The molecular weight excluding hydrogens is 226 g/mol. The highest BCUT2D eigenvalue weighted by molar-refractivity contribution is 5.82. The normalized spacial score (nSPS) is 22.3. The fourth-order valence-corrected chi connectivity index (χ4v) is 2.88. The summed E-state index contributed by atoms with van der Waals surface area (Å²) < 4.78 is 0. The van der Waals surface area contributed by atoms with Gasteiger partial charge < -0.3 is 10.2 Å². The van der Waals surface area contributed by atoms with E-state index in [4.69, 9.17) is 0 Å². The zero-order chi connectivity index (χ0) is 13.5. The summed E-state index contributed by atoms with van der Waals surface area (Å²) in [6, 6.07) is 0.535. The van der Waals surface area contributed by atoms with Gasteiger partial charge in [0, 0.05) is 19.1 Å². The summed E-state index contributed by atoms with van der Waals surface area (Å²) in [6.45, 7) is 10.1. The van der Waals surface area contributed by atoms with Crippen LogP contribution in [-0.2, 0) is 4.79 Å². The number of rotatable bonds is 6. The van der Waals surface area contributed by atoms with E-state index in [-0.39, 0.29) is 6.04 Å². The van der Waals surface area contributed by atoms with Gasteiger partial charge in [0.1, 0.15) is 0 Å². The van der Waals surface area contributed by atoms with E-state index in [1.165, 1.54) is 6.42 Å². The number of likely N-dealkylation sites (tertiary alicyclic amines) is 1. The molecule has 4 nitrogen and oxygen atoms in total. The van der Waals surface area contributed by atoms with Crippen LogP contribution in [0.2, 0.25) is 0 Å². The summed E-state index contributed by atoms with van der Waals surface area (Å²) in [6.07, 6.45) is 3.20. The van der Waals surface area contributed by atoms with Gasteiger partial charge in [0.2, 0.25) is 5.91 Å². The maximum absolute atomic E-state index is 12.6. The van der Waals surface area contributed by atoms with Crippen LogP contribution in [0, 0.1) is 0 Å². The molecule has 4 heteroatoms. The highest BCUT2D eigenvalue weighted by Crippen LogP contribution is 2.14. The molecule has 0 aromatic heterocycles. The van der Waals surface area contributed by atoms with Crippen LogP contribution in [0.15, 0.2) is 0 Å². The number of hydrogen-bond acceptors (Lipinski definition) is 3. The first-order valence-corrected chi connectivity index (χ1v) is 7.37. The number of nitrogens with one attached hydrogen (secondary N) is 1. The molecule has 0 aromatic rings. The van der Waals surface area contributed by atoms with Gasteiger partial charge in [-0.05, 0) is 39.4 Å². The Morgan fingerprint density at radius 2 is 2.06 bits per heavy atom. The molecule has 0 radical (unpaired) electrons. The highest BCUT2D eigenvalue weighted by Gasteiger charge is 2.29. The number of piperidine rings is 1. The minimum Gasteiger partial charge on any atom is -0.340 e. The molecule has 0 aliphatic carbocycles. The van der Waals surface area contributed by atoms with E-state index in [0.717, 1.165) is 39.0 Å². The second-order valence-corrected chi connectivity index (χ2v) is 5.06. The largest absolute Gasteiger partial charge is 0.340 e. The molecular formula is C14H29N3O. The third-order valence-electron chi connectivity index (χ3n) is 4.07. The van der Waals surface area contributed by atoms with Gasteiger partial charge in [-0.25, -0.2) is 0 Å². The van der Waals surface area contributed by atoms with Crippen LogP contribution in [0.3, 0.4) is 0 Å². The Hall–Kier alpha value is -0.610. The summed E-state index contributed by atoms with van der Waals surface area (Å²) in [5, 5.41) is 3.30. The van der Waals surface area contributed by atoms with Crippen molar-refractivity contribution in [3.05, 3.63) is 0 Å². The van der Waals surface area contributed by atoms with E-state index in [2.05, 4.69) is 35.9 Å². The van der Waals surface area contributed by atoms with Crippen molar-refractivity contribution in [2.75, 3.05) is 33.2 Å². The first-order valence-electron chi connectivity index (χ1n) is 7.37. The predicted octanol–water partition coefficient (Wildman–Crippen LogP) is 1.32. The molecule has 1 fully saturated rings. The molecule has 18 heavy (non-hydrogen) atoms. The standard InChI is InChI=1S/C14H29N3O/c1-5-13(16(6-2)7-3)14(18)17-10-8-9-12(11-17)15-4/h12-13,15H,5-11H2,1-4H3. The zero-order valence-electron chi connectivity index (χ0n) is 12.4. The number of nitrogens with zero attached hydrogens (tertiary/aromatic N) is 2. The van der Waals surface area contributed by atoms with E-state index in [9.17, 15) is 4.79 Å². The van der Waals surface area contributed by atoms with Crippen molar-refractivity contribution in [1.82, 2.24) is 15.1 Å². The van der Waals surface area contributed by atoms with Crippen molar-refractivity contribution < 1.29 is 4.79 Å². The minimum atomic E-state index is 0.0654. The molecule has 1 amide bonds. The van der Waals surface area contributed by atoms with Crippen LogP contribution in [0.5, 0.6) is 0 Å². The molecule has 2 unspecified atom stereocenters. The van der Waals surface area contributed by atoms with E-state index >= 15 is 0 Å². The fraction of sp³-hybridized carbons (Fsp3) is 0.929. The second-order valence-electron chi connectivity index (χ2n) is 5.06. The van der Waals surface area contributed by atoms with Crippen molar-refractivity contribution in [3.8, 4) is 0 Å². The van der Waals surface area contributed by atoms with E-state index < -0.39 is 0 Å². The van der Waals surface area contributed by atoms with Crippen molar-refractivity contribution in [2.24, 2.45) is 0 Å². The van der Waals surface area contributed by atoms with Gasteiger partial charge in [-0.1, -0.05) is 20.8 Å². The molecule has 106 valence electrons. The highest BCUT2D eigenvalue weighted by atomic mass is 16.2. The number of amides is 1. The van der Waals surface area contributed by atoms with Crippen LogP contribution in [-0.4, -0.2) is 61.0 Å². The Labute approximate surface area is 112 Å².